The predicted molar refractivity (Wildman–Crippen MR) is 89.3 cm³/mol. The Morgan fingerprint density at radius 1 is 1.29 bits per heavy atom. The molecule has 1 aliphatic heterocycles. The number of anilines is 1. The molecular weight excluding hydrogens is 308 g/mol. The van der Waals surface area contributed by atoms with Crippen molar-refractivity contribution in [2.75, 3.05) is 18.5 Å². The molecule has 0 fully saturated rings. The Morgan fingerprint density at radius 3 is 2.79 bits per heavy atom. The molecule has 2 amide bonds. The largest absolute Gasteiger partial charge is 0.456 e. The summed E-state index contributed by atoms with van der Waals surface area (Å²) in [7, 11) is 1.75. The summed E-state index contributed by atoms with van der Waals surface area (Å²) in [5.74, 6) is -0.194. The highest BCUT2D eigenvalue weighted by Crippen LogP contribution is 2.34. The second-order valence-electron chi connectivity index (χ2n) is 5.89. The van der Waals surface area contributed by atoms with Gasteiger partial charge in [0.2, 0.25) is 5.91 Å². The average Bonchev–Trinajstić information content (AvgIpc) is 2.55. The summed E-state index contributed by atoms with van der Waals surface area (Å²) in [6, 6.07) is 10.1. The lowest BCUT2D eigenvalue weighted by Crippen LogP contribution is -2.37. The summed E-state index contributed by atoms with van der Waals surface area (Å²) in [5, 5.41) is 2.76. The normalized spacial score (nSPS) is 16.7. The van der Waals surface area contributed by atoms with Gasteiger partial charge in [-0.15, -0.1) is 0 Å². The molecule has 1 aromatic carbocycles. The van der Waals surface area contributed by atoms with Crippen molar-refractivity contribution in [3.8, 4) is 0 Å². The number of fused-ring (bicyclic) bond motifs is 1. The molecule has 6 nitrogen and oxygen atoms in total. The Labute approximate surface area is 139 Å². The fraction of sp³-hybridized carbons (Fsp3) is 0.278. The maximum absolute atomic E-state index is 12.2. The minimum Gasteiger partial charge on any atom is -0.456 e. The van der Waals surface area contributed by atoms with Crippen LogP contribution in [0.1, 0.15) is 34.2 Å². The molecule has 6 heteroatoms. The molecule has 0 aliphatic carbocycles. The Bertz CT molecular complexity index is 856. The van der Waals surface area contributed by atoms with E-state index in [0.29, 0.717) is 18.7 Å². The van der Waals surface area contributed by atoms with Crippen molar-refractivity contribution >= 4 is 17.5 Å². The number of carbonyl (C=O) groups excluding carboxylic acids is 2. The van der Waals surface area contributed by atoms with Crippen LogP contribution in [0.5, 0.6) is 0 Å². The van der Waals surface area contributed by atoms with Gasteiger partial charge >= 0.3 is 0 Å². The van der Waals surface area contributed by atoms with Crippen LogP contribution in [-0.4, -0.2) is 25.4 Å². The minimum atomic E-state index is -0.459. The molecule has 1 N–H and O–H groups in total. The molecule has 0 saturated heterocycles. The van der Waals surface area contributed by atoms with Crippen LogP contribution in [0.4, 0.5) is 5.69 Å². The molecule has 0 radical (unpaired) electrons. The van der Waals surface area contributed by atoms with Crippen LogP contribution >= 0.6 is 0 Å². The van der Waals surface area contributed by atoms with Crippen LogP contribution in [0, 0.1) is 6.92 Å². The zero-order valence-corrected chi connectivity index (χ0v) is 13.5. The molecular formula is C18H18N2O4. The lowest BCUT2D eigenvalue weighted by atomic mass is 9.89. The third-order valence-electron chi connectivity index (χ3n) is 4.16. The number of hydrogen-bond donors (Lipinski definition) is 1. The van der Waals surface area contributed by atoms with Crippen molar-refractivity contribution in [1.82, 2.24) is 5.32 Å². The quantitative estimate of drug-likeness (QED) is 0.933. The first-order chi connectivity index (χ1) is 11.5. The Morgan fingerprint density at radius 2 is 2.04 bits per heavy atom. The molecule has 1 aliphatic rings. The van der Waals surface area contributed by atoms with E-state index in [1.165, 1.54) is 6.07 Å². The van der Waals surface area contributed by atoms with Crippen LogP contribution in [-0.2, 0) is 4.79 Å². The van der Waals surface area contributed by atoms with E-state index < -0.39 is 5.91 Å². The van der Waals surface area contributed by atoms with Crippen molar-refractivity contribution in [2.24, 2.45) is 0 Å². The average molecular weight is 326 g/mol. The van der Waals surface area contributed by atoms with Gasteiger partial charge < -0.3 is 14.6 Å². The third kappa shape index (κ3) is 3.08. The van der Waals surface area contributed by atoms with Crippen LogP contribution in [0.2, 0.25) is 0 Å². The SMILES string of the molecule is Cc1cc(=O)cc(C(=O)NCC2CC(=O)N(C)c3ccccc32)o1. The van der Waals surface area contributed by atoms with Crippen molar-refractivity contribution in [3.63, 3.8) is 0 Å². The molecule has 1 unspecified atom stereocenters. The van der Waals surface area contributed by atoms with Gasteiger partial charge in [0.15, 0.2) is 11.2 Å². The number of hydrogen-bond acceptors (Lipinski definition) is 4. The lowest BCUT2D eigenvalue weighted by Gasteiger charge is -2.31. The standard InChI is InChI=1S/C18H18N2O4/c1-11-7-13(21)9-16(24-11)18(23)19-10-12-8-17(22)20(2)15-6-4-3-5-14(12)15/h3-7,9,12H,8,10H2,1-2H3,(H,19,23). The second-order valence-corrected chi connectivity index (χ2v) is 5.89. The van der Waals surface area contributed by atoms with Crippen molar-refractivity contribution in [1.29, 1.82) is 0 Å². The number of para-hydroxylation sites is 1. The van der Waals surface area contributed by atoms with Gasteiger partial charge in [0.25, 0.3) is 5.91 Å². The molecule has 24 heavy (non-hydrogen) atoms. The van der Waals surface area contributed by atoms with Gasteiger partial charge in [-0.2, -0.15) is 0 Å². The molecule has 2 aromatic rings. The topological polar surface area (TPSA) is 79.6 Å². The van der Waals surface area contributed by atoms with Crippen LogP contribution in [0.15, 0.2) is 45.6 Å². The molecule has 3 rings (SSSR count). The highest BCUT2D eigenvalue weighted by Gasteiger charge is 2.29. The maximum atomic E-state index is 12.2. The number of nitrogens with zero attached hydrogens (tertiary/aromatic N) is 1. The predicted octanol–water partition coefficient (Wildman–Crippen LogP) is 1.83. The van der Waals surface area contributed by atoms with Crippen molar-refractivity contribution in [3.05, 3.63) is 63.7 Å². The van der Waals surface area contributed by atoms with Crippen LogP contribution in [0.25, 0.3) is 0 Å². The van der Waals surface area contributed by atoms with Crippen LogP contribution in [0.3, 0.4) is 0 Å². The monoisotopic (exact) mass is 326 g/mol. The fourth-order valence-electron chi connectivity index (χ4n) is 2.93. The van der Waals surface area contributed by atoms with E-state index in [-0.39, 0.29) is 23.0 Å². The first-order valence-electron chi connectivity index (χ1n) is 7.71. The minimum absolute atomic E-state index is 0.00929. The number of nitrogens with one attached hydrogen (secondary N) is 1. The van der Waals surface area contributed by atoms with E-state index in [1.807, 2.05) is 24.3 Å². The van der Waals surface area contributed by atoms with E-state index in [9.17, 15) is 14.4 Å². The van der Waals surface area contributed by atoms with E-state index in [2.05, 4.69) is 5.32 Å². The molecule has 1 atom stereocenters. The van der Waals surface area contributed by atoms with E-state index >= 15 is 0 Å². The Hall–Kier alpha value is -2.89. The second kappa shape index (κ2) is 6.31. The first kappa shape index (κ1) is 16.0. The highest BCUT2D eigenvalue weighted by molar-refractivity contribution is 5.97. The van der Waals surface area contributed by atoms with E-state index in [1.54, 1.807) is 18.9 Å². The molecule has 0 saturated carbocycles. The number of aryl methyl sites for hydroxylation is 1. The fourth-order valence-corrected chi connectivity index (χ4v) is 2.93. The number of rotatable bonds is 3. The number of amides is 2. The van der Waals surface area contributed by atoms with Crippen LogP contribution < -0.4 is 15.6 Å². The van der Waals surface area contributed by atoms with Gasteiger partial charge in [0.05, 0.1) is 0 Å². The summed E-state index contributed by atoms with van der Waals surface area (Å²) in [4.78, 5) is 37.4. The molecule has 124 valence electrons. The van der Waals surface area contributed by atoms with E-state index in [4.69, 9.17) is 4.42 Å². The lowest BCUT2D eigenvalue weighted by molar-refractivity contribution is -0.119. The maximum Gasteiger partial charge on any atom is 0.287 e. The highest BCUT2D eigenvalue weighted by atomic mass is 16.3. The van der Waals surface area contributed by atoms with Crippen molar-refractivity contribution < 1.29 is 14.0 Å². The molecule has 0 spiro atoms. The van der Waals surface area contributed by atoms with Gasteiger partial charge in [-0.3, -0.25) is 14.4 Å². The summed E-state index contributed by atoms with van der Waals surface area (Å²) in [6.45, 7) is 1.91. The smallest absolute Gasteiger partial charge is 0.287 e. The number of benzene rings is 1. The summed E-state index contributed by atoms with van der Waals surface area (Å²) < 4.78 is 5.28. The molecule has 0 bridgehead atoms. The zero-order valence-electron chi connectivity index (χ0n) is 13.5. The van der Waals surface area contributed by atoms with Gasteiger partial charge in [-0.05, 0) is 18.6 Å². The zero-order chi connectivity index (χ0) is 17.3. The van der Waals surface area contributed by atoms with Gasteiger partial charge in [0, 0.05) is 43.8 Å². The Kier molecular flexibility index (Phi) is 4.20. The first-order valence-corrected chi connectivity index (χ1v) is 7.71. The molecule has 2 heterocycles. The Balaban J connectivity index is 1.77. The third-order valence-corrected chi connectivity index (χ3v) is 4.16. The van der Waals surface area contributed by atoms with Crippen molar-refractivity contribution in [2.45, 2.75) is 19.3 Å². The van der Waals surface area contributed by atoms with E-state index in [0.717, 1.165) is 17.3 Å². The van der Waals surface area contributed by atoms with Gasteiger partial charge in [-0.25, -0.2) is 0 Å². The summed E-state index contributed by atoms with van der Waals surface area (Å²) in [5.41, 5.74) is 1.60. The van der Waals surface area contributed by atoms with Gasteiger partial charge in [0.1, 0.15) is 5.76 Å². The summed E-state index contributed by atoms with van der Waals surface area (Å²) in [6.07, 6.45) is 0.325. The van der Waals surface area contributed by atoms with Gasteiger partial charge in [-0.1, -0.05) is 18.2 Å². The number of carbonyl (C=O) groups is 2. The summed E-state index contributed by atoms with van der Waals surface area (Å²) >= 11 is 0. The molecule has 1 aromatic heterocycles.